The fourth-order valence-electron chi connectivity index (χ4n) is 0.654. The molecule has 0 spiro atoms. The first kappa shape index (κ1) is 11.6. The minimum Gasteiger partial charge on any atom is -0.171 e. The van der Waals surface area contributed by atoms with E-state index < -0.39 is 21.4 Å². The van der Waals surface area contributed by atoms with Gasteiger partial charge in [0, 0.05) is 12.8 Å². The van der Waals surface area contributed by atoms with Crippen molar-refractivity contribution in [3.63, 3.8) is 0 Å². The second-order valence-corrected chi connectivity index (χ2v) is 5.54. The lowest BCUT2D eigenvalue weighted by Crippen LogP contribution is -2.05. The first-order valence-corrected chi connectivity index (χ1v) is 6.85. The molecule has 0 aliphatic carbocycles. The van der Waals surface area contributed by atoms with E-state index in [2.05, 4.69) is 24.6 Å². The van der Waals surface area contributed by atoms with Gasteiger partial charge >= 0.3 is 6.18 Å². The lowest BCUT2D eigenvalue weighted by atomic mass is 10.2. The van der Waals surface area contributed by atoms with Crippen molar-refractivity contribution in [2.45, 2.75) is 38.5 Å². The molecule has 0 radical (unpaired) electrons. The predicted molar refractivity (Wildman–Crippen MR) is 46.6 cm³/mol. The predicted octanol–water partition coefficient (Wildman–Crippen LogP) is 2.75. The van der Waals surface area contributed by atoms with Gasteiger partial charge in [-0.25, -0.2) is 0 Å². The van der Waals surface area contributed by atoms with E-state index in [1.807, 2.05) is 0 Å². The molecule has 0 aromatic heterocycles. The molecule has 0 N–H and O–H groups in total. The smallest absolute Gasteiger partial charge is 0.171 e. The minimum absolute atomic E-state index is 0.137. The van der Waals surface area contributed by atoms with Crippen molar-refractivity contribution >= 4 is 8.80 Å². The molecule has 0 amide bonds. The molecule has 70 valence electrons. The van der Waals surface area contributed by atoms with Crippen LogP contribution >= 0.6 is 0 Å². The van der Waals surface area contributed by atoms with Gasteiger partial charge in [-0.1, -0.05) is 13.1 Å². The van der Waals surface area contributed by atoms with Crippen molar-refractivity contribution in [2.75, 3.05) is 0 Å². The summed E-state index contributed by atoms with van der Waals surface area (Å²) in [4.78, 5) is 0. The highest BCUT2D eigenvalue weighted by Crippen LogP contribution is 2.21. The van der Waals surface area contributed by atoms with Gasteiger partial charge in [-0.15, -0.1) is 11.5 Å². The maximum absolute atomic E-state index is 11.6. The fourth-order valence-corrected chi connectivity index (χ4v) is 1.21. The van der Waals surface area contributed by atoms with E-state index in [-0.39, 0.29) is 6.42 Å². The van der Waals surface area contributed by atoms with Gasteiger partial charge in [-0.2, -0.15) is 13.2 Å². The Bertz CT molecular complexity index is 173. The number of rotatable bonds is 2. The zero-order chi connectivity index (χ0) is 9.61. The molecule has 0 fully saturated rings. The highest BCUT2D eigenvalue weighted by molar-refractivity contribution is 6.64. The lowest BCUT2D eigenvalue weighted by molar-refractivity contribution is -0.135. The van der Waals surface area contributed by atoms with Gasteiger partial charge in [-0.3, -0.25) is 0 Å². The summed E-state index contributed by atoms with van der Waals surface area (Å²) in [7, 11) is -0.898. The summed E-state index contributed by atoms with van der Waals surface area (Å²) in [6.07, 6.45) is -4.21. The summed E-state index contributed by atoms with van der Waals surface area (Å²) in [5, 5.41) is 0. The van der Waals surface area contributed by atoms with E-state index in [0.717, 1.165) is 0 Å². The molecule has 0 rings (SSSR count). The van der Waals surface area contributed by atoms with Crippen LogP contribution in [-0.2, 0) is 0 Å². The highest BCUT2D eigenvalue weighted by Gasteiger charge is 2.25. The molecule has 0 aromatic carbocycles. The van der Waals surface area contributed by atoms with Crippen LogP contribution in [0.2, 0.25) is 13.1 Å². The number of hydrogen-bond donors (Lipinski definition) is 0. The molecule has 0 bridgehead atoms. The fraction of sp³-hybridized carbons (Fsp3) is 0.750. The van der Waals surface area contributed by atoms with Crippen molar-refractivity contribution < 1.29 is 13.2 Å². The van der Waals surface area contributed by atoms with Crippen molar-refractivity contribution in [3.05, 3.63) is 0 Å². The average molecular weight is 194 g/mol. The van der Waals surface area contributed by atoms with Gasteiger partial charge in [0.05, 0.1) is 0 Å². The molecule has 0 aromatic rings. The molecular formula is C8H13F3Si. The molecule has 0 aliphatic rings. The Morgan fingerprint density at radius 3 is 2.25 bits per heavy atom. The van der Waals surface area contributed by atoms with Crippen LogP contribution in [0, 0.1) is 11.5 Å². The molecule has 12 heavy (non-hydrogen) atoms. The molecule has 4 heteroatoms. The number of alkyl halides is 3. The van der Waals surface area contributed by atoms with Crippen molar-refractivity contribution in [1.82, 2.24) is 0 Å². The molecule has 0 nitrogen and oxygen atoms in total. The summed E-state index contributed by atoms with van der Waals surface area (Å²) in [5.41, 5.74) is 2.95. The van der Waals surface area contributed by atoms with Gasteiger partial charge in [0.15, 0.2) is 0 Å². The summed E-state index contributed by atoms with van der Waals surface area (Å²) in [6, 6.07) is 0. The molecular weight excluding hydrogens is 181 g/mol. The van der Waals surface area contributed by atoms with Crippen LogP contribution in [0.5, 0.6) is 0 Å². The Labute approximate surface area is 72.8 Å². The normalized spacial score (nSPS) is 11.2. The molecule has 0 atom stereocenters. The highest BCUT2D eigenvalue weighted by atomic mass is 28.3. The second-order valence-electron chi connectivity index (χ2n) is 2.94. The monoisotopic (exact) mass is 194 g/mol. The van der Waals surface area contributed by atoms with E-state index in [9.17, 15) is 13.2 Å². The average Bonchev–Trinajstić information content (AvgIpc) is 1.83. The standard InChI is InChI=1S/C8H13F3Si/c1-12(2)7-5-3-4-6-8(9,10)11/h12H,3-4,6H2,1-2H3. The second kappa shape index (κ2) is 5.25. The molecule has 0 aliphatic heterocycles. The quantitative estimate of drug-likeness (QED) is 0.360. The third-order valence-corrected chi connectivity index (χ3v) is 1.93. The molecule has 0 saturated heterocycles. The maximum atomic E-state index is 11.6. The Balaban J connectivity index is 3.42. The topological polar surface area (TPSA) is 0 Å². The van der Waals surface area contributed by atoms with Crippen LogP contribution in [0.4, 0.5) is 13.2 Å². The summed E-state index contributed by atoms with van der Waals surface area (Å²) < 4.78 is 34.8. The summed E-state index contributed by atoms with van der Waals surface area (Å²) in [6.45, 7) is 4.10. The van der Waals surface area contributed by atoms with Gasteiger partial charge < -0.3 is 0 Å². The largest absolute Gasteiger partial charge is 0.389 e. The van der Waals surface area contributed by atoms with Gasteiger partial charge in [0.25, 0.3) is 0 Å². The molecule has 0 unspecified atom stereocenters. The Morgan fingerprint density at radius 2 is 1.83 bits per heavy atom. The van der Waals surface area contributed by atoms with E-state index in [1.54, 1.807) is 0 Å². The van der Waals surface area contributed by atoms with Crippen molar-refractivity contribution in [1.29, 1.82) is 0 Å². The molecule has 0 saturated carbocycles. The zero-order valence-corrected chi connectivity index (χ0v) is 8.49. The van der Waals surface area contributed by atoms with Crippen LogP contribution in [0.15, 0.2) is 0 Å². The van der Waals surface area contributed by atoms with Gasteiger partial charge in [0.2, 0.25) is 0 Å². The van der Waals surface area contributed by atoms with E-state index in [0.29, 0.717) is 6.42 Å². The maximum Gasteiger partial charge on any atom is 0.389 e. The number of unbranched alkanes of at least 4 members (excludes halogenated alkanes) is 1. The number of halogens is 3. The van der Waals surface area contributed by atoms with Crippen molar-refractivity contribution in [3.8, 4) is 11.5 Å². The van der Waals surface area contributed by atoms with Gasteiger partial charge in [-0.05, 0) is 6.42 Å². The van der Waals surface area contributed by atoms with E-state index in [4.69, 9.17) is 0 Å². The lowest BCUT2D eigenvalue weighted by Gasteiger charge is -2.02. The first-order chi connectivity index (χ1) is 5.42. The Morgan fingerprint density at radius 1 is 1.25 bits per heavy atom. The van der Waals surface area contributed by atoms with Crippen LogP contribution in [0.3, 0.4) is 0 Å². The summed E-state index contributed by atoms with van der Waals surface area (Å²) >= 11 is 0. The van der Waals surface area contributed by atoms with Crippen LogP contribution < -0.4 is 0 Å². The van der Waals surface area contributed by atoms with E-state index in [1.165, 1.54) is 0 Å². The van der Waals surface area contributed by atoms with Crippen LogP contribution in [0.1, 0.15) is 19.3 Å². The zero-order valence-electron chi connectivity index (χ0n) is 7.33. The summed E-state index contributed by atoms with van der Waals surface area (Å²) in [5.74, 6) is 2.77. The third kappa shape index (κ3) is 9.57. The van der Waals surface area contributed by atoms with Crippen LogP contribution in [-0.4, -0.2) is 15.0 Å². The first-order valence-electron chi connectivity index (χ1n) is 3.97. The Kier molecular flexibility index (Phi) is 5.06. The third-order valence-electron chi connectivity index (χ3n) is 1.15. The SMILES string of the molecule is C[SiH](C)C#CCCCC(F)(F)F. The Hall–Kier alpha value is -0.433. The minimum atomic E-state index is -4.02. The van der Waals surface area contributed by atoms with Crippen LogP contribution in [0.25, 0.3) is 0 Å². The number of hydrogen-bond acceptors (Lipinski definition) is 0. The van der Waals surface area contributed by atoms with Gasteiger partial charge in [0.1, 0.15) is 8.80 Å². The van der Waals surface area contributed by atoms with E-state index >= 15 is 0 Å². The van der Waals surface area contributed by atoms with Crippen molar-refractivity contribution in [2.24, 2.45) is 0 Å². The molecule has 0 heterocycles.